The molecule has 1 fully saturated rings. The molecule has 0 bridgehead atoms. The molecule has 0 aromatic heterocycles. The second kappa shape index (κ2) is 4.56. The van der Waals surface area contributed by atoms with Gasteiger partial charge in [0.25, 0.3) is 0 Å². The predicted octanol–water partition coefficient (Wildman–Crippen LogP) is -1.90. The third-order valence-corrected chi connectivity index (χ3v) is 2.05. The van der Waals surface area contributed by atoms with Crippen molar-refractivity contribution >= 4 is 0 Å². The highest BCUT2D eigenvalue weighted by atomic mass is 16.6. The average molecular weight is 205 g/mol. The van der Waals surface area contributed by atoms with E-state index in [1.807, 2.05) is 0 Å². The molecule has 0 radical (unpaired) electrons. The maximum Gasteiger partial charge on any atom is 0.166 e. The van der Waals surface area contributed by atoms with E-state index in [0.717, 1.165) is 0 Å². The van der Waals surface area contributed by atoms with E-state index >= 15 is 0 Å². The summed E-state index contributed by atoms with van der Waals surface area (Å²) in [5, 5.41) is 39.7. The van der Waals surface area contributed by atoms with Crippen LogP contribution in [0.2, 0.25) is 0 Å². The normalized spacial score (nSPS) is 43.0. The Kier molecular flexibility index (Phi) is 3.64. The largest absolute Gasteiger partial charge is 0.394 e. The molecule has 0 spiro atoms. The van der Waals surface area contributed by atoms with Gasteiger partial charge in [0.1, 0.15) is 18.2 Å². The van der Waals surface area contributed by atoms with Crippen LogP contribution in [-0.2, 0) is 4.74 Å². The van der Waals surface area contributed by atoms with Crippen LogP contribution in [0.15, 0.2) is 5.11 Å². The minimum Gasteiger partial charge on any atom is -0.394 e. The summed E-state index contributed by atoms with van der Waals surface area (Å²) >= 11 is 0. The molecule has 2 unspecified atom stereocenters. The quantitative estimate of drug-likeness (QED) is 0.237. The topological polar surface area (TPSA) is 139 Å². The molecule has 0 aliphatic carbocycles. The van der Waals surface area contributed by atoms with E-state index in [-0.39, 0.29) is 0 Å². The predicted molar refractivity (Wildman–Crippen MR) is 42.9 cm³/mol. The van der Waals surface area contributed by atoms with Crippen molar-refractivity contribution in [1.29, 1.82) is 0 Å². The summed E-state index contributed by atoms with van der Waals surface area (Å²) in [6.07, 6.45) is -5.45. The highest BCUT2D eigenvalue weighted by Crippen LogP contribution is 2.21. The number of hydrogen-bond acceptors (Lipinski definition) is 6. The van der Waals surface area contributed by atoms with Crippen molar-refractivity contribution in [3.63, 3.8) is 0 Å². The van der Waals surface area contributed by atoms with Gasteiger partial charge < -0.3 is 25.2 Å². The Bertz CT molecular complexity index is 244. The third kappa shape index (κ3) is 1.95. The fourth-order valence-electron chi connectivity index (χ4n) is 1.27. The Morgan fingerprint density at radius 1 is 1.29 bits per heavy atom. The number of hydrogen-bond donors (Lipinski definition) is 4. The monoisotopic (exact) mass is 205 g/mol. The van der Waals surface area contributed by atoms with Crippen LogP contribution in [0.25, 0.3) is 10.4 Å². The summed E-state index contributed by atoms with van der Waals surface area (Å²) in [5.74, 6) is 0. The van der Waals surface area contributed by atoms with Crippen LogP contribution in [0.5, 0.6) is 0 Å². The Morgan fingerprint density at radius 2 is 1.93 bits per heavy atom. The van der Waals surface area contributed by atoms with Gasteiger partial charge in [0.05, 0.1) is 12.7 Å². The number of nitrogens with zero attached hydrogens (tertiary/aromatic N) is 3. The van der Waals surface area contributed by atoms with Crippen molar-refractivity contribution < 1.29 is 25.2 Å². The highest BCUT2D eigenvalue weighted by Gasteiger charge is 2.43. The number of aliphatic hydroxyl groups is 4. The summed E-state index contributed by atoms with van der Waals surface area (Å²) in [6.45, 7) is -0.543. The lowest BCUT2D eigenvalue weighted by molar-refractivity contribution is -0.248. The first-order valence-electron chi connectivity index (χ1n) is 3.96. The van der Waals surface area contributed by atoms with Crippen LogP contribution in [0.3, 0.4) is 0 Å². The standard InChI is InChI=1S/C6H11N3O5/c7-9-8-3-5(12)4(11)2(1-10)14-6(3)13/h2-6,10-13H,1H2/t2?,3?,4-,5+,6-/m1/s1. The molecule has 14 heavy (non-hydrogen) atoms. The Morgan fingerprint density at radius 3 is 2.43 bits per heavy atom. The van der Waals surface area contributed by atoms with Crippen molar-refractivity contribution in [2.24, 2.45) is 5.11 Å². The van der Waals surface area contributed by atoms with Gasteiger partial charge >= 0.3 is 0 Å². The summed E-state index contributed by atoms with van der Waals surface area (Å²) in [4.78, 5) is 2.40. The number of ether oxygens (including phenoxy) is 1. The zero-order chi connectivity index (χ0) is 10.7. The molecule has 0 aromatic rings. The van der Waals surface area contributed by atoms with Gasteiger partial charge in [-0.2, -0.15) is 0 Å². The van der Waals surface area contributed by atoms with E-state index < -0.39 is 37.3 Å². The molecule has 1 saturated heterocycles. The summed E-state index contributed by atoms with van der Waals surface area (Å²) < 4.78 is 4.71. The lowest BCUT2D eigenvalue weighted by Gasteiger charge is -2.37. The molecule has 1 aliphatic heterocycles. The van der Waals surface area contributed by atoms with Gasteiger partial charge in [-0.3, -0.25) is 0 Å². The molecule has 1 aliphatic rings. The van der Waals surface area contributed by atoms with Crippen LogP contribution in [0.1, 0.15) is 0 Å². The number of azide groups is 1. The molecule has 8 nitrogen and oxygen atoms in total. The van der Waals surface area contributed by atoms with Crippen LogP contribution < -0.4 is 0 Å². The molecule has 0 aromatic carbocycles. The van der Waals surface area contributed by atoms with E-state index in [1.165, 1.54) is 0 Å². The van der Waals surface area contributed by atoms with Gasteiger partial charge in [-0.15, -0.1) is 0 Å². The lowest BCUT2D eigenvalue weighted by atomic mass is 9.98. The SMILES string of the molecule is [N-]=[N+]=NC1[C@H](O)OC(CO)[C@@H](O)[C@H]1O. The molecule has 80 valence electrons. The van der Waals surface area contributed by atoms with E-state index in [9.17, 15) is 15.3 Å². The molecule has 5 atom stereocenters. The van der Waals surface area contributed by atoms with Gasteiger partial charge in [-0.1, -0.05) is 5.11 Å². The van der Waals surface area contributed by atoms with Crippen molar-refractivity contribution in [3.8, 4) is 0 Å². The zero-order valence-electron chi connectivity index (χ0n) is 7.13. The smallest absolute Gasteiger partial charge is 0.166 e. The van der Waals surface area contributed by atoms with Crippen LogP contribution in [0, 0.1) is 0 Å². The van der Waals surface area contributed by atoms with E-state index in [1.54, 1.807) is 0 Å². The van der Waals surface area contributed by atoms with Crippen molar-refractivity contribution in [1.82, 2.24) is 0 Å². The molecule has 1 heterocycles. The zero-order valence-corrected chi connectivity index (χ0v) is 7.13. The minimum absolute atomic E-state index is 0.543. The summed E-state index contributed by atoms with van der Waals surface area (Å²) in [6, 6.07) is -1.27. The van der Waals surface area contributed by atoms with Gasteiger partial charge in [-0.25, -0.2) is 0 Å². The second-order valence-electron chi connectivity index (χ2n) is 2.92. The minimum atomic E-state index is -1.53. The molecule has 8 heteroatoms. The van der Waals surface area contributed by atoms with Crippen molar-refractivity contribution in [2.75, 3.05) is 6.61 Å². The van der Waals surface area contributed by atoms with Gasteiger partial charge in [0.2, 0.25) is 0 Å². The van der Waals surface area contributed by atoms with Gasteiger partial charge in [-0.05, 0) is 5.53 Å². The van der Waals surface area contributed by atoms with Crippen LogP contribution in [-0.4, -0.2) is 57.7 Å². The highest BCUT2D eigenvalue weighted by molar-refractivity contribution is 4.92. The number of aliphatic hydroxyl groups excluding tert-OH is 4. The molecule has 1 rings (SSSR count). The first-order valence-corrected chi connectivity index (χ1v) is 3.96. The van der Waals surface area contributed by atoms with Gasteiger partial charge in [0.15, 0.2) is 6.29 Å². The fourth-order valence-corrected chi connectivity index (χ4v) is 1.27. The lowest BCUT2D eigenvalue weighted by Crippen LogP contribution is -2.57. The number of rotatable bonds is 2. The third-order valence-electron chi connectivity index (χ3n) is 2.05. The summed E-state index contributed by atoms with van der Waals surface area (Å²) in [5.41, 5.74) is 8.11. The van der Waals surface area contributed by atoms with E-state index in [2.05, 4.69) is 10.0 Å². The molecule has 4 N–H and O–H groups in total. The van der Waals surface area contributed by atoms with Crippen molar-refractivity contribution in [2.45, 2.75) is 30.6 Å². The second-order valence-corrected chi connectivity index (χ2v) is 2.92. The maximum atomic E-state index is 9.37. The summed E-state index contributed by atoms with van der Waals surface area (Å²) in [7, 11) is 0. The van der Waals surface area contributed by atoms with E-state index in [0.29, 0.717) is 0 Å². The van der Waals surface area contributed by atoms with Gasteiger partial charge in [0, 0.05) is 4.91 Å². The van der Waals surface area contributed by atoms with Crippen LogP contribution >= 0.6 is 0 Å². The first-order chi connectivity index (χ1) is 6.61. The van der Waals surface area contributed by atoms with E-state index in [4.69, 9.17) is 15.4 Å². The van der Waals surface area contributed by atoms with Crippen molar-refractivity contribution in [3.05, 3.63) is 10.4 Å². The van der Waals surface area contributed by atoms with Crippen LogP contribution in [0.4, 0.5) is 0 Å². The molecule has 0 saturated carbocycles. The molecular formula is C6H11N3O5. The molecular weight excluding hydrogens is 194 g/mol. The Labute approximate surface area is 79.0 Å². The Balaban J connectivity index is 2.78. The fraction of sp³-hybridized carbons (Fsp3) is 1.00. The Hall–Kier alpha value is -0.890. The average Bonchev–Trinajstić information content (AvgIpc) is 2.18. The maximum absolute atomic E-state index is 9.37. The first kappa shape index (κ1) is 11.2. The molecule has 0 amide bonds.